The number of rotatable bonds is 6. The molecule has 0 bridgehead atoms. The molecule has 0 fully saturated rings. The van der Waals surface area contributed by atoms with Crippen molar-refractivity contribution >= 4 is 0 Å². The molecule has 108 valence electrons. The number of hydrogen-bond acceptors (Lipinski definition) is 3. The van der Waals surface area contributed by atoms with E-state index in [2.05, 4.69) is 4.85 Å². The SMILES string of the molecule is [C-]#[N+]Cc1ccc(OC)c(OCc2ccccc2)c1OC. The molecule has 2 rings (SSSR count). The molecule has 0 unspecified atom stereocenters. The maximum Gasteiger partial charge on any atom is 0.243 e. The quantitative estimate of drug-likeness (QED) is 0.758. The largest absolute Gasteiger partial charge is 0.493 e. The molecule has 0 saturated heterocycles. The number of benzene rings is 2. The van der Waals surface area contributed by atoms with Crippen LogP contribution in [-0.4, -0.2) is 14.2 Å². The lowest BCUT2D eigenvalue weighted by Crippen LogP contribution is -2.02. The number of nitrogens with zero attached hydrogens (tertiary/aromatic N) is 1. The van der Waals surface area contributed by atoms with E-state index in [1.54, 1.807) is 20.3 Å². The molecule has 0 radical (unpaired) electrons. The molecule has 2 aromatic carbocycles. The molecule has 0 atom stereocenters. The van der Waals surface area contributed by atoms with E-state index in [1.165, 1.54) is 0 Å². The Morgan fingerprint density at radius 3 is 2.33 bits per heavy atom. The van der Waals surface area contributed by atoms with Crippen LogP contribution >= 0.6 is 0 Å². The van der Waals surface area contributed by atoms with E-state index in [-0.39, 0.29) is 6.54 Å². The van der Waals surface area contributed by atoms with E-state index in [1.807, 2.05) is 36.4 Å². The zero-order valence-corrected chi connectivity index (χ0v) is 12.1. The first-order valence-corrected chi connectivity index (χ1v) is 6.54. The van der Waals surface area contributed by atoms with Gasteiger partial charge in [-0.15, -0.1) is 0 Å². The summed E-state index contributed by atoms with van der Waals surface area (Å²) in [5.41, 5.74) is 1.84. The fourth-order valence-electron chi connectivity index (χ4n) is 2.05. The lowest BCUT2D eigenvalue weighted by molar-refractivity contribution is 0.265. The Morgan fingerprint density at radius 2 is 1.71 bits per heavy atom. The van der Waals surface area contributed by atoms with Crippen LogP contribution < -0.4 is 14.2 Å². The molecule has 4 nitrogen and oxygen atoms in total. The lowest BCUT2D eigenvalue weighted by Gasteiger charge is -2.16. The molecule has 2 aromatic rings. The Morgan fingerprint density at radius 1 is 0.952 bits per heavy atom. The Hall–Kier alpha value is -2.67. The third-order valence-corrected chi connectivity index (χ3v) is 3.06. The fraction of sp³-hybridized carbons (Fsp3) is 0.235. The van der Waals surface area contributed by atoms with Gasteiger partial charge in [-0.25, -0.2) is 6.57 Å². The summed E-state index contributed by atoms with van der Waals surface area (Å²) >= 11 is 0. The first-order chi connectivity index (χ1) is 10.3. The van der Waals surface area contributed by atoms with Gasteiger partial charge in [0.15, 0.2) is 11.5 Å². The van der Waals surface area contributed by atoms with E-state index < -0.39 is 0 Å². The van der Waals surface area contributed by atoms with Crippen LogP contribution in [0.2, 0.25) is 0 Å². The second-order valence-electron chi connectivity index (χ2n) is 4.38. The number of ether oxygens (including phenoxy) is 3. The van der Waals surface area contributed by atoms with Crippen LogP contribution in [0.3, 0.4) is 0 Å². The Labute approximate surface area is 124 Å². The molecular formula is C17H17NO3. The van der Waals surface area contributed by atoms with Crippen molar-refractivity contribution in [3.63, 3.8) is 0 Å². The average Bonchev–Trinajstić information content (AvgIpc) is 2.54. The Balaban J connectivity index is 2.31. The van der Waals surface area contributed by atoms with Crippen molar-refractivity contribution in [1.29, 1.82) is 0 Å². The van der Waals surface area contributed by atoms with Crippen molar-refractivity contribution < 1.29 is 14.2 Å². The highest BCUT2D eigenvalue weighted by Crippen LogP contribution is 2.40. The van der Waals surface area contributed by atoms with Crippen LogP contribution in [0.4, 0.5) is 0 Å². The summed E-state index contributed by atoms with van der Waals surface area (Å²) in [5, 5.41) is 0. The van der Waals surface area contributed by atoms with Gasteiger partial charge in [0, 0.05) is 0 Å². The first kappa shape index (κ1) is 14.7. The molecule has 0 spiro atoms. The van der Waals surface area contributed by atoms with Gasteiger partial charge in [-0.2, -0.15) is 0 Å². The number of hydrogen-bond donors (Lipinski definition) is 0. The average molecular weight is 283 g/mol. The summed E-state index contributed by atoms with van der Waals surface area (Å²) in [6, 6.07) is 13.5. The van der Waals surface area contributed by atoms with Gasteiger partial charge in [0.2, 0.25) is 12.3 Å². The molecule has 0 aliphatic rings. The van der Waals surface area contributed by atoms with Gasteiger partial charge >= 0.3 is 0 Å². The van der Waals surface area contributed by atoms with Crippen molar-refractivity contribution in [2.24, 2.45) is 0 Å². The molecule has 0 aliphatic heterocycles. The Kier molecular flexibility index (Phi) is 5.05. The molecule has 0 heterocycles. The minimum atomic E-state index is 0.245. The zero-order valence-electron chi connectivity index (χ0n) is 12.1. The summed E-state index contributed by atoms with van der Waals surface area (Å²) < 4.78 is 16.6. The molecular weight excluding hydrogens is 266 g/mol. The van der Waals surface area contributed by atoms with Crippen LogP contribution in [-0.2, 0) is 13.2 Å². The smallest absolute Gasteiger partial charge is 0.243 e. The van der Waals surface area contributed by atoms with E-state index in [4.69, 9.17) is 20.8 Å². The van der Waals surface area contributed by atoms with Crippen molar-refractivity contribution in [3.05, 3.63) is 65.0 Å². The maximum absolute atomic E-state index is 7.01. The summed E-state index contributed by atoms with van der Waals surface area (Å²) in [4.78, 5) is 3.40. The topological polar surface area (TPSA) is 32.0 Å². The highest BCUT2D eigenvalue weighted by atomic mass is 16.5. The van der Waals surface area contributed by atoms with Gasteiger partial charge in [0.1, 0.15) is 6.61 Å². The Bertz CT molecular complexity index is 632. The fourth-order valence-corrected chi connectivity index (χ4v) is 2.05. The van der Waals surface area contributed by atoms with Gasteiger partial charge in [-0.1, -0.05) is 30.3 Å². The van der Waals surface area contributed by atoms with Gasteiger partial charge in [-0.3, -0.25) is 0 Å². The third kappa shape index (κ3) is 3.46. The minimum absolute atomic E-state index is 0.245. The standard InChI is InChI=1S/C17H17NO3/c1-18-11-14-9-10-15(19-2)17(16(14)20-3)21-12-13-7-5-4-6-8-13/h4-10H,11-12H2,2-3H3. The predicted molar refractivity (Wildman–Crippen MR) is 80.6 cm³/mol. The van der Waals surface area contributed by atoms with Crippen molar-refractivity contribution in [3.8, 4) is 17.2 Å². The predicted octanol–water partition coefficient (Wildman–Crippen LogP) is 3.70. The molecule has 0 saturated carbocycles. The van der Waals surface area contributed by atoms with Crippen molar-refractivity contribution in [2.45, 2.75) is 13.2 Å². The zero-order chi connectivity index (χ0) is 15.1. The summed E-state index contributed by atoms with van der Waals surface area (Å²) in [7, 11) is 3.15. The van der Waals surface area contributed by atoms with Crippen LogP contribution in [0.5, 0.6) is 17.2 Å². The summed E-state index contributed by atoms with van der Waals surface area (Å²) in [5.74, 6) is 1.68. The lowest BCUT2D eigenvalue weighted by atomic mass is 10.1. The van der Waals surface area contributed by atoms with Gasteiger partial charge in [-0.05, 0) is 17.7 Å². The van der Waals surface area contributed by atoms with E-state index in [0.717, 1.165) is 11.1 Å². The van der Waals surface area contributed by atoms with Crippen molar-refractivity contribution in [1.82, 2.24) is 0 Å². The molecule has 0 N–H and O–H groups in total. The van der Waals surface area contributed by atoms with Gasteiger partial charge in [0.05, 0.1) is 19.8 Å². The molecule has 21 heavy (non-hydrogen) atoms. The monoisotopic (exact) mass is 283 g/mol. The highest BCUT2D eigenvalue weighted by molar-refractivity contribution is 5.56. The van der Waals surface area contributed by atoms with E-state index >= 15 is 0 Å². The molecule has 0 aliphatic carbocycles. The molecule has 0 aromatic heterocycles. The minimum Gasteiger partial charge on any atom is -0.493 e. The van der Waals surface area contributed by atoms with Crippen LogP contribution in [0.1, 0.15) is 11.1 Å². The second kappa shape index (κ2) is 7.20. The normalized spacial score (nSPS) is 9.76. The second-order valence-corrected chi connectivity index (χ2v) is 4.38. The first-order valence-electron chi connectivity index (χ1n) is 6.54. The molecule has 4 heteroatoms. The highest BCUT2D eigenvalue weighted by Gasteiger charge is 2.18. The van der Waals surface area contributed by atoms with Crippen molar-refractivity contribution in [2.75, 3.05) is 14.2 Å². The van der Waals surface area contributed by atoms with E-state index in [0.29, 0.717) is 23.9 Å². The van der Waals surface area contributed by atoms with Crippen LogP contribution in [0.15, 0.2) is 42.5 Å². The summed E-state index contributed by atoms with van der Waals surface area (Å²) in [6.07, 6.45) is 0. The number of methoxy groups -OCH3 is 2. The van der Waals surface area contributed by atoms with Crippen LogP contribution in [0, 0.1) is 6.57 Å². The van der Waals surface area contributed by atoms with Gasteiger partial charge in [0.25, 0.3) is 0 Å². The molecule has 0 amide bonds. The van der Waals surface area contributed by atoms with E-state index in [9.17, 15) is 0 Å². The third-order valence-electron chi connectivity index (χ3n) is 3.06. The maximum atomic E-state index is 7.01. The van der Waals surface area contributed by atoms with Gasteiger partial charge < -0.3 is 19.1 Å². The summed E-state index contributed by atoms with van der Waals surface area (Å²) in [6.45, 7) is 7.67. The van der Waals surface area contributed by atoms with Crippen LogP contribution in [0.25, 0.3) is 4.85 Å².